The Kier molecular flexibility index (Phi) is 20.5. The first-order valence-electron chi connectivity index (χ1n) is 25.2. The summed E-state index contributed by atoms with van der Waals surface area (Å²) in [6.07, 6.45) is -4.25. The third kappa shape index (κ3) is 14.6. The van der Waals surface area contributed by atoms with Crippen molar-refractivity contribution in [2.75, 3.05) is 40.9 Å². The van der Waals surface area contributed by atoms with Crippen LogP contribution in [-0.2, 0) is 46.2 Å². The maximum Gasteiger partial charge on any atom is 0.316 e. The lowest BCUT2D eigenvalue weighted by molar-refractivity contribution is -0.729. The molecule has 20 nitrogen and oxygen atoms in total. The van der Waals surface area contributed by atoms with Crippen LogP contribution >= 0.6 is 0 Å². The summed E-state index contributed by atoms with van der Waals surface area (Å²) >= 11 is 0. The monoisotopic (exact) mass is 994 g/mol. The molecule has 18 atom stereocenters. The zero-order valence-corrected chi connectivity index (χ0v) is 43.8. The van der Waals surface area contributed by atoms with Gasteiger partial charge in [-0.15, -0.1) is 5.10 Å². The molecular formula is C50H85N6O14+. The summed E-state index contributed by atoms with van der Waals surface area (Å²) < 4.78 is 46.1. The molecule has 0 amide bonds. The lowest BCUT2D eigenvalue weighted by Crippen LogP contribution is -2.59. The van der Waals surface area contributed by atoms with Gasteiger partial charge in [0.1, 0.15) is 29.7 Å². The van der Waals surface area contributed by atoms with Crippen LogP contribution in [0.4, 0.5) is 5.69 Å². The maximum absolute atomic E-state index is 14.4. The minimum absolute atomic E-state index is 0.0503. The number of aromatic nitrogens is 3. The summed E-state index contributed by atoms with van der Waals surface area (Å²) in [5.41, 5.74) is -1.87. The van der Waals surface area contributed by atoms with Crippen LogP contribution in [0.5, 0.6) is 5.75 Å². The molecule has 0 radical (unpaired) electrons. The van der Waals surface area contributed by atoms with Gasteiger partial charge in [0.2, 0.25) is 0 Å². The highest BCUT2D eigenvalue weighted by atomic mass is 16.7. The van der Waals surface area contributed by atoms with Gasteiger partial charge < -0.3 is 63.4 Å². The van der Waals surface area contributed by atoms with Gasteiger partial charge in [-0.05, 0) is 93.0 Å². The van der Waals surface area contributed by atoms with E-state index in [9.17, 15) is 30.1 Å². The van der Waals surface area contributed by atoms with E-state index in [2.05, 4.69) is 22.3 Å². The van der Waals surface area contributed by atoms with Gasteiger partial charge in [-0.2, -0.15) is 0 Å². The Balaban J connectivity index is 1.33. The number of carbonyl (C=O) groups is 1. The number of esters is 1. The molecule has 5 rings (SSSR count). The summed E-state index contributed by atoms with van der Waals surface area (Å²) in [6.45, 7) is 20.4. The lowest BCUT2D eigenvalue weighted by atomic mass is 9.83. The summed E-state index contributed by atoms with van der Waals surface area (Å²) in [4.78, 5) is 29.5. The van der Waals surface area contributed by atoms with Crippen LogP contribution in [0.2, 0.25) is 0 Å². The molecule has 0 bridgehead atoms. The van der Waals surface area contributed by atoms with E-state index in [0.717, 1.165) is 12.1 Å². The minimum atomic E-state index is -1.80. The van der Waals surface area contributed by atoms with E-state index >= 15 is 0 Å². The van der Waals surface area contributed by atoms with E-state index in [0.29, 0.717) is 51.3 Å². The van der Waals surface area contributed by atoms with Gasteiger partial charge in [0.05, 0.1) is 59.2 Å². The average Bonchev–Trinajstić information content (AvgIpc) is 3.76. The standard InChI is InChI=1S/C50H85N6O14/c1-14-41-50(10,61)46(58)34(7)54(12)25-29(2)21-40(57)45(32(5)44(33(6)48(60)68-41)70-43-24-49(9,64-13)47(59)35(8)67-43)69-42-23-38(22-31(4)66-42)53(11)20-19-36-27-55(52-51-36)26-30(3)28-65-39-17-15-37(16-18-39)56(62)63/h15-18,27,29-35,38,40-47,57-59,61H,14,19-26,28H2,1-13H3,(H,62,63)/q+1/t29-,30+,31-,32+,33-,34-,35+,38+,40-,41-,42+,43+,44+,45-,46-,47+,49-,50-/m1/s1. The normalized spacial score (nSPS) is 38.1. The quantitative estimate of drug-likeness (QED) is 0.117. The predicted octanol–water partition coefficient (Wildman–Crippen LogP) is 4.26. The highest BCUT2D eigenvalue weighted by molar-refractivity contribution is 5.73. The fourth-order valence-electron chi connectivity index (χ4n) is 10.4. The Morgan fingerprint density at radius 3 is 2.29 bits per heavy atom. The largest absolute Gasteiger partial charge is 0.493 e. The Morgan fingerprint density at radius 2 is 1.64 bits per heavy atom. The summed E-state index contributed by atoms with van der Waals surface area (Å²) in [6, 6.07) is 5.73. The van der Waals surface area contributed by atoms with Gasteiger partial charge in [0, 0.05) is 88.3 Å². The van der Waals surface area contributed by atoms with Crippen molar-refractivity contribution in [2.45, 2.75) is 199 Å². The number of ether oxygens (including phenoxy) is 7. The second kappa shape index (κ2) is 25.0. The fourth-order valence-corrected chi connectivity index (χ4v) is 10.4. The van der Waals surface area contributed by atoms with Gasteiger partial charge in [0.25, 0.3) is 4.92 Å². The van der Waals surface area contributed by atoms with Crippen LogP contribution in [0.3, 0.4) is 0 Å². The molecule has 5 N–H and O–H groups in total. The molecule has 0 aliphatic carbocycles. The molecular weight excluding hydrogens is 909 g/mol. The van der Waals surface area contributed by atoms with Crippen molar-refractivity contribution in [3.8, 4) is 5.75 Å². The molecule has 3 aliphatic heterocycles. The molecule has 1 aromatic carbocycles. The van der Waals surface area contributed by atoms with Gasteiger partial charge in [-0.25, -0.2) is 5.21 Å². The minimum Gasteiger partial charge on any atom is -0.493 e. The van der Waals surface area contributed by atoms with Crippen molar-refractivity contribution >= 4 is 11.7 Å². The first kappa shape index (κ1) is 57.5. The topological polar surface area (TPSA) is 240 Å². The number of methoxy groups -OCH3 is 1. The number of hydrogen-bond acceptors (Lipinski definition) is 17. The zero-order chi connectivity index (χ0) is 51.8. The Hall–Kier alpha value is -3.41. The fraction of sp³-hybridized carbons (Fsp3) is 0.820. The molecule has 0 unspecified atom stereocenters. The van der Waals surface area contributed by atoms with Crippen molar-refractivity contribution in [3.05, 3.63) is 41.1 Å². The number of benzene rings is 1. The van der Waals surface area contributed by atoms with Crippen LogP contribution in [0, 0.1) is 28.6 Å². The molecule has 1 aromatic heterocycles. The van der Waals surface area contributed by atoms with E-state index in [4.69, 9.17) is 38.4 Å². The number of likely N-dealkylation sites (N-methyl/N-ethyl adjacent to an activating group) is 2. The van der Waals surface area contributed by atoms with Gasteiger partial charge in [-0.3, -0.25) is 9.48 Å². The average molecular weight is 994 g/mol. The van der Waals surface area contributed by atoms with E-state index in [1.54, 1.807) is 44.5 Å². The van der Waals surface area contributed by atoms with E-state index in [1.807, 2.05) is 52.8 Å². The Bertz CT molecular complexity index is 1940. The van der Waals surface area contributed by atoms with Gasteiger partial charge >= 0.3 is 11.7 Å². The molecule has 3 saturated heterocycles. The molecule has 398 valence electrons. The Morgan fingerprint density at radius 1 is 0.971 bits per heavy atom. The molecule has 2 aromatic rings. The van der Waals surface area contributed by atoms with Gasteiger partial charge in [0.15, 0.2) is 12.6 Å². The van der Waals surface area contributed by atoms with Crippen LogP contribution in [0.1, 0.15) is 107 Å². The number of nitrogens with zero attached hydrogens (tertiary/aromatic N) is 6. The lowest BCUT2D eigenvalue weighted by Gasteiger charge is -2.47. The van der Waals surface area contributed by atoms with Crippen molar-refractivity contribution in [1.29, 1.82) is 0 Å². The molecule has 70 heavy (non-hydrogen) atoms. The predicted molar refractivity (Wildman–Crippen MR) is 257 cm³/mol. The van der Waals surface area contributed by atoms with Crippen LogP contribution in [0.15, 0.2) is 30.5 Å². The summed E-state index contributed by atoms with van der Waals surface area (Å²) in [5.74, 6) is -1.74. The number of hydrogen-bond donors (Lipinski definition) is 5. The Labute approximate surface area is 414 Å². The number of carbonyl (C=O) groups excluding carboxylic acids is 1. The van der Waals surface area contributed by atoms with Gasteiger partial charge in [-0.1, -0.05) is 32.9 Å². The van der Waals surface area contributed by atoms with Crippen LogP contribution in [-0.4, -0.2) is 187 Å². The SMILES string of the molecule is CC[C@H]1OC(=O)[C@H](C)[C@@H](O[C@H]2C[C@@](C)(OC)[C@@H](O)[C@H](C)O2)[C@H](C)[C@@H](O[C@H]2C[C@@H](N(C)CCc3cn(C[C@H](C)COc4ccc([N+](=O)O)cc4)nn3)C[C@@H](C)O2)[C@H](O)C[C@@H](C)CN(C)[C@H](C)[C@@H](O)[C@]1(C)O. The first-order chi connectivity index (χ1) is 32.9. The molecule has 20 heteroatoms. The molecule has 4 heterocycles. The molecule has 0 spiro atoms. The number of aliphatic hydroxyl groups excluding tert-OH is 3. The molecule has 3 fully saturated rings. The zero-order valence-electron chi connectivity index (χ0n) is 43.8. The number of cyclic esters (lactones) is 1. The van der Waals surface area contributed by atoms with Crippen LogP contribution in [0.25, 0.3) is 0 Å². The maximum atomic E-state index is 14.4. The first-order valence-corrected chi connectivity index (χ1v) is 25.2. The third-order valence-corrected chi connectivity index (χ3v) is 15.1. The number of rotatable bonds is 16. The molecule has 0 saturated carbocycles. The van der Waals surface area contributed by atoms with E-state index in [1.165, 1.54) is 26.2 Å². The van der Waals surface area contributed by atoms with E-state index in [-0.39, 0.29) is 47.4 Å². The summed E-state index contributed by atoms with van der Waals surface area (Å²) in [5, 5.41) is 64.7. The van der Waals surface area contributed by atoms with Crippen molar-refractivity contribution < 1.29 is 68.5 Å². The van der Waals surface area contributed by atoms with Crippen LogP contribution < -0.4 is 4.74 Å². The van der Waals surface area contributed by atoms with Crippen molar-refractivity contribution in [2.24, 2.45) is 23.7 Å². The highest BCUT2D eigenvalue weighted by Gasteiger charge is 2.50. The van der Waals surface area contributed by atoms with Crippen molar-refractivity contribution in [1.82, 2.24) is 24.8 Å². The summed E-state index contributed by atoms with van der Waals surface area (Å²) in [7, 11) is 5.45. The smallest absolute Gasteiger partial charge is 0.316 e. The third-order valence-electron chi connectivity index (χ3n) is 15.1. The van der Waals surface area contributed by atoms with E-state index < -0.39 is 90.4 Å². The van der Waals surface area contributed by atoms with Crippen molar-refractivity contribution in [3.63, 3.8) is 0 Å². The highest BCUT2D eigenvalue weighted by Crippen LogP contribution is 2.38. The number of aliphatic hydroxyl groups is 4. The molecule has 3 aliphatic rings. The second-order valence-electron chi connectivity index (χ2n) is 21.2. The second-order valence-corrected chi connectivity index (χ2v) is 21.2.